The molecule has 94 valence electrons. The number of carbonyl (C=O) groups excluding carboxylic acids is 1. The fraction of sp³-hybridized carbons (Fsp3) is 0.462. The van der Waals surface area contributed by atoms with E-state index in [-0.39, 0.29) is 12.4 Å². The molecule has 3 nitrogen and oxygen atoms in total. The number of hydrogen-bond acceptors (Lipinski definition) is 3. The van der Waals surface area contributed by atoms with E-state index >= 15 is 0 Å². The van der Waals surface area contributed by atoms with Gasteiger partial charge < -0.3 is 9.47 Å². The molecular formula is C13H17ClO3. The lowest BCUT2D eigenvalue weighted by Crippen LogP contribution is -2.10. The van der Waals surface area contributed by atoms with Crippen molar-refractivity contribution in [2.24, 2.45) is 0 Å². The van der Waals surface area contributed by atoms with E-state index in [9.17, 15) is 4.79 Å². The summed E-state index contributed by atoms with van der Waals surface area (Å²) in [4.78, 5) is 11.1. The largest absolute Gasteiger partial charge is 0.492 e. The third kappa shape index (κ3) is 4.27. The van der Waals surface area contributed by atoms with Crippen LogP contribution in [0.4, 0.5) is 0 Å². The van der Waals surface area contributed by atoms with Crippen LogP contribution in [0.15, 0.2) is 12.1 Å². The third-order valence-corrected chi connectivity index (χ3v) is 2.50. The van der Waals surface area contributed by atoms with Crippen LogP contribution in [-0.4, -0.2) is 19.2 Å². The topological polar surface area (TPSA) is 35.5 Å². The van der Waals surface area contributed by atoms with Gasteiger partial charge in [-0.25, -0.2) is 0 Å². The molecular weight excluding hydrogens is 240 g/mol. The number of hydrogen-bond donors (Lipinski definition) is 0. The fourth-order valence-corrected chi connectivity index (χ4v) is 1.92. The molecule has 0 fully saturated rings. The molecule has 0 aliphatic heterocycles. The minimum Gasteiger partial charge on any atom is -0.492 e. The molecule has 0 aromatic heterocycles. The molecule has 1 rings (SSSR count). The van der Waals surface area contributed by atoms with Gasteiger partial charge in [0.25, 0.3) is 0 Å². The normalized spacial score (nSPS) is 10.1. The summed E-state index contributed by atoms with van der Waals surface area (Å²) in [7, 11) is 0. The maximum atomic E-state index is 11.1. The summed E-state index contributed by atoms with van der Waals surface area (Å²) in [6.45, 7) is 6.36. The minimum absolute atomic E-state index is 0.239. The number of carbonyl (C=O) groups is 1. The molecule has 0 saturated heterocycles. The molecule has 0 saturated carbocycles. The second kappa shape index (κ2) is 6.50. The number of ether oxygens (including phenoxy) is 2. The molecule has 1 aromatic rings. The van der Waals surface area contributed by atoms with Crippen LogP contribution in [0.5, 0.6) is 5.75 Å². The van der Waals surface area contributed by atoms with Crippen LogP contribution < -0.4 is 4.74 Å². The van der Waals surface area contributed by atoms with Gasteiger partial charge in [0, 0.05) is 5.02 Å². The lowest BCUT2D eigenvalue weighted by Gasteiger charge is -2.12. The van der Waals surface area contributed by atoms with Crippen LogP contribution in [0.2, 0.25) is 5.02 Å². The molecule has 0 aliphatic rings. The lowest BCUT2D eigenvalue weighted by molar-refractivity contribution is -0.143. The maximum Gasteiger partial charge on any atom is 0.309 e. The van der Waals surface area contributed by atoms with Gasteiger partial charge in [0.05, 0.1) is 19.6 Å². The second-order valence-electron chi connectivity index (χ2n) is 3.77. The molecule has 0 heterocycles. The standard InChI is InChI=1S/C13H17ClO3/c1-4-16-12(15)5-6-17-13-9(2)7-11(14)8-10(13)3/h7-8H,4-6H2,1-3H3. The highest BCUT2D eigenvalue weighted by atomic mass is 35.5. The van der Waals surface area contributed by atoms with Crippen LogP contribution in [0.25, 0.3) is 0 Å². The van der Waals surface area contributed by atoms with Gasteiger partial charge in [0.1, 0.15) is 5.75 Å². The van der Waals surface area contributed by atoms with Crippen LogP contribution in [0.3, 0.4) is 0 Å². The van der Waals surface area contributed by atoms with Crippen molar-refractivity contribution in [3.05, 3.63) is 28.3 Å². The van der Waals surface area contributed by atoms with Gasteiger partial charge in [0.15, 0.2) is 0 Å². The molecule has 0 unspecified atom stereocenters. The highest BCUT2D eigenvalue weighted by Crippen LogP contribution is 2.27. The van der Waals surface area contributed by atoms with E-state index in [1.807, 2.05) is 26.0 Å². The summed E-state index contributed by atoms with van der Waals surface area (Å²) < 4.78 is 10.4. The van der Waals surface area contributed by atoms with E-state index in [1.54, 1.807) is 6.92 Å². The van der Waals surface area contributed by atoms with Gasteiger partial charge in [-0.15, -0.1) is 0 Å². The average Bonchev–Trinajstić information content (AvgIpc) is 2.22. The number of aryl methyl sites for hydroxylation is 2. The van der Waals surface area contributed by atoms with E-state index in [4.69, 9.17) is 21.1 Å². The molecule has 0 aliphatic carbocycles. The number of rotatable bonds is 5. The van der Waals surface area contributed by atoms with Gasteiger partial charge in [-0.1, -0.05) is 11.6 Å². The second-order valence-corrected chi connectivity index (χ2v) is 4.21. The van der Waals surface area contributed by atoms with Crippen molar-refractivity contribution in [3.63, 3.8) is 0 Å². The molecule has 0 atom stereocenters. The van der Waals surface area contributed by atoms with Gasteiger partial charge in [-0.05, 0) is 44.0 Å². The first-order valence-corrected chi connectivity index (χ1v) is 5.97. The Morgan fingerprint density at radius 2 is 1.88 bits per heavy atom. The van der Waals surface area contributed by atoms with Crippen molar-refractivity contribution < 1.29 is 14.3 Å². The predicted octanol–water partition coefficient (Wildman–Crippen LogP) is 3.29. The van der Waals surface area contributed by atoms with Gasteiger partial charge >= 0.3 is 5.97 Å². The lowest BCUT2D eigenvalue weighted by atomic mass is 10.1. The van der Waals surface area contributed by atoms with E-state index in [0.29, 0.717) is 18.2 Å². The average molecular weight is 257 g/mol. The summed E-state index contributed by atoms with van der Waals surface area (Å²) in [5.41, 5.74) is 1.94. The number of halogens is 1. The smallest absolute Gasteiger partial charge is 0.309 e. The number of esters is 1. The highest BCUT2D eigenvalue weighted by molar-refractivity contribution is 6.30. The summed E-state index contributed by atoms with van der Waals surface area (Å²) in [5, 5.41) is 0.692. The Bertz CT molecular complexity index is 379. The minimum atomic E-state index is -0.239. The Balaban J connectivity index is 2.55. The van der Waals surface area contributed by atoms with Crippen molar-refractivity contribution in [3.8, 4) is 5.75 Å². The van der Waals surface area contributed by atoms with E-state index in [2.05, 4.69) is 0 Å². The first-order valence-electron chi connectivity index (χ1n) is 5.59. The monoisotopic (exact) mass is 256 g/mol. The molecule has 17 heavy (non-hydrogen) atoms. The first-order chi connectivity index (χ1) is 8.04. The molecule has 0 radical (unpaired) electrons. The summed E-state index contributed by atoms with van der Waals surface area (Å²) in [6.07, 6.45) is 0.259. The van der Waals surface area contributed by atoms with E-state index in [0.717, 1.165) is 16.9 Å². The van der Waals surface area contributed by atoms with E-state index in [1.165, 1.54) is 0 Å². The SMILES string of the molecule is CCOC(=O)CCOc1c(C)cc(Cl)cc1C. The zero-order valence-electron chi connectivity index (χ0n) is 10.4. The van der Waals surface area contributed by atoms with E-state index < -0.39 is 0 Å². The molecule has 1 aromatic carbocycles. The predicted molar refractivity (Wildman–Crippen MR) is 67.7 cm³/mol. The summed E-state index contributed by atoms with van der Waals surface area (Å²) in [5.74, 6) is 0.551. The summed E-state index contributed by atoms with van der Waals surface area (Å²) in [6, 6.07) is 3.68. The van der Waals surface area contributed by atoms with Crippen molar-refractivity contribution in [1.82, 2.24) is 0 Å². The molecule has 4 heteroatoms. The fourth-order valence-electron chi connectivity index (χ4n) is 1.59. The van der Waals surface area contributed by atoms with Crippen molar-refractivity contribution in [2.75, 3.05) is 13.2 Å². The van der Waals surface area contributed by atoms with Crippen molar-refractivity contribution in [1.29, 1.82) is 0 Å². The van der Waals surface area contributed by atoms with Gasteiger partial charge in [-0.3, -0.25) is 4.79 Å². The zero-order valence-corrected chi connectivity index (χ0v) is 11.1. The van der Waals surface area contributed by atoms with Crippen LogP contribution >= 0.6 is 11.6 Å². The van der Waals surface area contributed by atoms with Crippen LogP contribution in [0, 0.1) is 13.8 Å². The maximum absolute atomic E-state index is 11.1. The van der Waals surface area contributed by atoms with Crippen molar-refractivity contribution in [2.45, 2.75) is 27.2 Å². The third-order valence-electron chi connectivity index (χ3n) is 2.28. The van der Waals surface area contributed by atoms with Gasteiger partial charge in [0.2, 0.25) is 0 Å². The molecule has 0 N–H and O–H groups in total. The van der Waals surface area contributed by atoms with Gasteiger partial charge in [-0.2, -0.15) is 0 Å². The molecule has 0 bridgehead atoms. The zero-order chi connectivity index (χ0) is 12.8. The van der Waals surface area contributed by atoms with Crippen LogP contribution in [-0.2, 0) is 9.53 Å². The quantitative estimate of drug-likeness (QED) is 0.759. The van der Waals surface area contributed by atoms with Crippen LogP contribution in [0.1, 0.15) is 24.5 Å². The Labute approximate surface area is 107 Å². The molecule has 0 amide bonds. The highest BCUT2D eigenvalue weighted by Gasteiger charge is 2.07. The summed E-state index contributed by atoms with van der Waals surface area (Å²) >= 11 is 5.92. The first kappa shape index (κ1) is 13.8. The Hall–Kier alpha value is -1.22. The Morgan fingerprint density at radius 1 is 1.29 bits per heavy atom. The Kier molecular flexibility index (Phi) is 5.29. The number of benzene rings is 1. The van der Waals surface area contributed by atoms with Crippen molar-refractivity contribution >= 4 is 17.6 Å². The Morgan fingerprint density at radius 3 is 2.41 bits per heavy atom. The molecule has 0 spiro atoms.